The monoisotopic (exact) mass is 395 g/mol. The van der Waals surface area contributed by atoms with E-state index in [0.29, 0.717) is 15.8 Å². The molecule has 0 saturated heterocycles. The van der Waals surface area contributed by atoms with E-state index in [1.54, 1.807) is 18.2 Å². The molecule has 1 aliphatic rings. The third kappa shape index (κ3) is 3.10. The third-order valence-corrected chi connectivity index (χ3v) is 5.74. The lowest BCUT2D eigenvalue weighted by Gasteiger charge is -2.43. The summed E-state index contributed by atoms with van der Waals surface area (Å²) in [5, 5.41) is 9.37. The predicted octanol–water partition coefficient (Wildman–Crippen LogP) is 4.44. The van der Waals surface area contributed by atoms with Crippen LogP contribution in [0.3, 0.4) is 0 Å². The molecule has 1 fully saturated rings. The van der Waals surface area contributed by atoms with Gasteiger partial charge in [-0.3, -0.25) is 9.59 Å². The van der Waals surface area contributed by atoms with Gasteiger partial charge in [0, 0.05) is 10.4 Å². The lowest BCUT2D eigenvalue weighted by molar-refractivity contribution is 0.0817. The van der Waals surface area contributed by atoms with Gasteiger partial charge in [-0.25, -0.2) is 4.68 Å². The van der Waals surface area contributed by atoms with Crippen molar-refractivity contribution in [3.05, 3.63) is 75.2 Å². The summed E-state index contributed by atoms with van der Waals surface area (Å²) >= 11 is 6.02. The molecule has 3 aromatic rings. The highest BCUT2D eigenvalue weighted by atomic mass is 35.5. The summed E-state index contributed by atoms with van der Waals surface area (Å²) in [6, 6.07) is 14.6. The highest BCUT2D eigenvalue weighted by Gasteiger charge is 2.40. The summed E-state index contributed by atoms with van der Waals surface area (Å²) in [4.78, 5) is 26.0. The van der Waals surface area contributed by atoms with Crippen molar-refractivity contribution in [1.29, 1.82) is 0 Å². The molecule has 0 aliphatic heterocycles. The highest BCUT2D eigenvalue weighted by molar-refractivity contribution is 6.30. The van der Waals surface area contributed by atoms with Crippen molar-refractivity contribution in [3.63, 3.8) is 0 Å². The molecular weight excluding hydrogens is 374 g/mol. The maximum Gasteiger partial charge on any atom is 0.274 e. The van der Waals surface area contributed by atoms with Gasteiger partial charge in [0.2, 0.25) is 0 Å². The molecule has 2 aromatic carbocycles. The van der Waals surface area contributed by atoms with Crippen LogP contribution >= 0.6 is 11.6 Å². The Morgan fingerprint density at radius 1 is 1.11 bits per heavy atom. The zero-order valence-electron chi connectivity index (χ0n) is 15.9. The summed E-state index contributed by atoms with van der Waals surface area (Å²) in [5.74, 6) is -0.264. The van der Waals surface area contributed by atoms with Crippen LogP contribution in [0.2, 0.25) is 5.02 Å². The maximum absolute atomic E-state index is 13.3. The first-order valence-corrected chi connectivity index (χ1v) is 9.89. The van der Waals surface area contributed by atoms with Gasteiger partial charge in [-0.2, -0.15) is 5.10 Å². The summed E-state index contributed by atoms with van der Waals surface area (Å²) in [6.07, 6.45) is 2.77. The lowest BCUT2D eigenvalue weighted by atomic mass is 9.71. The van der Waals surface area contributed by atoms with Gasteiger partial charge in [0.05, 0.1) is 17.0 Å². The minimum absolute atomic E-state index is 0.141. The van der Waals surface area contributed by atoms with Crippen molar-refractivity contribution in [2.24, 2.45) is 0 Å². The van der Waals surface area contributed by atoms with Gasteiger partial charge in [0.15, 0.2) is 5.69 Å². The lowest BCUT2D eigenvalue weighted by Crippen LogP contribution is -2.51. The minimum atomic E-state index is -0.413. The maximum atomic E-state index is 13.3. The van der Waals surface area contributed by atoms with Gasteiger partial charge in [0.25, 0.3) is 11.5 Å². The summed E-state index contributed by atoms with van der Waals surface area (Å²) in [5.41, 5.74) is 0.726. The smallest absolute Gasteiger partial charge is 0.274 e. The van der Waals surface area contributed by atoms with Crippen molar-refractivity contribution in [1.82, 2.24) is 15.1 Å². The number of nitrogens with one attached hydrogen (secondary N) is 1. The third-order valence-electron chi connectivity index (χ3n) is 5.49. The molecule has 5 nitrogen and oxygen atoms in total. The Hall–Kier alpha value is -2.66. The van der Waals surface area contributed by atoms with Gasteiger partial charge >= 0.3 is 0 Å². The van der Waals surface area contributed by atoms with E-state index in [1.807, 2.05) is 44.2 Å². The molecular formula is C22H22ClN3O2. The molecule has 0 bridgehead atoms. The van der Waals surface area contributed by atoms with Crippen LogP contribution in [0.15, 0.2) is 53.3 Å². The van der Waals surface area contributed by atoms with Crippen molar-refractivity contribution < 1.29 is 4.79 Å². The molecule has 4 rings (SSSR count). The molecule has 1 aromatic heterocycles. The molecule has 6 heteroatoms. The highest BCUT2D eigenvalue weighted by Crippen LogP contribution is 2.41. The first-order chi connectivity index (χ1) is 13.4. The minimum Gasteiger partial charge on any atom is -0.341 e. The van der Waals surface area contributed by atoms with E-state index in [9.17, 15) is 9.59 Å². The van der Waals surface area contributed by atoms with Crippen LogP contribution in [0.25, 0.3) is 10.8 Å². The Labute approximate surface area is 168 Å². The zero-order valence-corrected chi connectivity index (χ0v) is 16.7. The number of hydrogen-bond acceptors (Lipinski definition) is 3. The first kappa shape index (κ1) is 18.7. The average Bonchev–Trinajstić information content (AvgIpc) is 2.65. The number of benzene rings is 2. The Kier molecular flexibility index (Phi) is 4.71. The fraction of sp³-hybridized carbons (Fsp3) is 0.318. The van der Waals surface area contributed by atoms with Crippen molar-refractivity contribution in [2.75, 3.05) is 0 Å². The van der Waals surface area contributed by atoms with E-state index in [4.69, 9.17) is 11.6 Å². The van der Waals surface area contributed by atoms with Crippen molar-refractivity contribution in [3.8, 4) is 0 Å². The first-order valence-electron chi connectivity index (χ1n) is 9.51. The van der Waals surface area contributed by atoms with E-state index in [1.165, 1.54) is 4.68 Å². The number of nitrogens with zero attached hydrogens (tertiary/aromatic N) is 2. The molecule has 1 amide bonds. The van der Waals surface area contributed by atoms with Gasteiger partial charge in [0.1, 0.15) is 0 Å². The number of carbonyl (C=O) groups excluding carboxylic acids is 1. The van der Waals surface area contributed by atoms with Crippen LogP contribution in [-0.4, -0.2) is 15.7 Å². The number of aromatic nitrogens is 2. The van der Waals surface area contributed by atoms with Crippen LogP contribution in [0.1, 0.15) is 55.2 Å². The second-order valence-corrected chi connectivity index (χ2v) is 8.07. The molecule has 0 radical (unpaired) electrons. The van der Waals surface area contributed by atoms with Crippen LogP contribution in [-0.2, 0) is 5.54 Å². The SMILES string of the molecule is CC(C)n1nc(C(=O)NC2(c3ccc(Cl)cc3)CCC2)c2ccccc2c1=O. The van der Waals surface area contributed by atoms with Crippen LogP contribution in [0.5, 0.6) is 0 Å². The summed E-state index contributed by atoms with van der Waals surface area (Å²) < 4.78 is 1.38. The molecule has 0 spiro atoms. The normalized spacial score (nSPS) is 15.4. The van der Waals surface area contributed by atoms with E-state index < -0.39 is 5.54 Å². The second-order valence-electron chi connectivity index (χ2n) is 7.63. The zero-order chi connectivity index (χ0) is 19.9. The molecule has 0 unspecified atom stereocenters. The Bertz CT molecular complexity index is 1100. The second kappa shape index (κ2) is 7.06. The molecule has 1 aliphatic carbocycles. The number of halogens is 1. The van der Waals surface area contributed by atoms with Crippen LogP contribution < -0.4 is 10.9 Å². The fourth-order valence-electron chi connectivity index (χ4n) is 3.79. The van der Waals surface area contributed by atoms with Crippen LogP contribution in [0, 0.1) is 0 Å². The number of amides is 1. The topological polar surface area (TPSA) is 64.0 Å². The fourth-order valence-corrected chi connectivity index (χ4v) is 3.91. The van der Waals surface area contributed by atoms with E-state index in [0.717, 1.165) is 24.8 Å². The number of carbonyl (C=O) groups is 1. The molecule has 0 atom stereocenters. The molecule has 1 N–H and O–H groups in total. The van der Waals surface area contributed by atoms with Crippen molar-refractivity contribution >= 4 is 28.3 Å². The van der Waals surface area contributed by atoms with Crippen molar-refractivity contribution in [2.45, 2.75) is 44.7 Å². The summed E-state index contributed by atoms with van der Waals surface area (Å²) in [7, 11) is 0. The van der Waals surface area contributed by atoms with E-state index in [2.05, 4.69) is 10.4 Å². The Morgan fingerprint density at radius 3 is 2.32 bits per heavy atom. The van der Waals surface area contributed by atoms with E-state index in [-0.39, 0.29) is 23.2 Å². The van der Waals surface area contributed by atoms with Gasteiger partial charge in [-0.15, -0.1) is 0 Å². The number of fused-ring (bicyclic) bond motifs is 1. The number of hydrogen-bond donors (Lipinski definition) is 1. The van der Waals surface area contributed by atoms with Gasteiger partial charge in [-0.05, 0) is 56.9 Å². The number of rotatable bonds is 4. The van der Waals surface area contributed by atoms with Gasteiger partial charge in [-0.1, -0.05) is 41.9 Å². The van der Waals surface area contributed by atoms with E-state index >= 15 is 0 Å². The molecule has 1 heterocycles. The Balaban J connectivity index is 1.78. The summed E-state index contributed by atoms with van der Waals surface area (Å²) in [6.45, 7) is 3.76. The quantitative estimate of drug-likeness (QED) is 0.710. The molecule has 28 heavy (non-hydrogen) atoms. The Morgan fingerprint density at radius 2 is 1.75 bits per heavy atom. The largest absolute Gasteiger partial charge is 0.341 e. The average molecular weight is 396 g/mol. The standard InChI is InChI=1S/C22H22ClN3O2/c1-14(2)26-21(28)18-7-4-3-6-17(18)19(25-26)20(27)24-22(12-5-13-22)15-8-10-16(23)11-9-15/h3-4,6-11,14H,5,12-13H2,1-2H3,(H,24,27). The predicted molar refractivity (Wildman–Crippen MR) is 111 cm³/mol. The molecule has 144 valence electrons. The molecule has 1 saturated carbocycles. The van der Waals surface area contributed by atoms with Crippen LogP contribution in [0.4, 0.5) is 0 Å². The van der Waals surface area contributed by atoms with Gasteiger partial charge < -0.3 is 5.32 Å².